The van der Waals surface area contributed by atoms with Crippen LogP contribution in [-0.4, -0.2) is 65.7 Å². The van der Waals surface area contributed by atoms with Crippen molar-refractivity contribution in [1.82, 2.24) is 15.5 Å². The summed E-state index contributed by atoms with van der Waals surface area (Å²) < 4.78 is 30.7. The summed E-state index contributed by atoms with van der Waals surface area (Å²) >= 11 is 0. The van der Waals surface area contributed by atoms with Gasteiger partial charge in [-0.05, 0) is 54.4 Å². The van der Waals surface area contributed by atoms with Crippen LogP contribution in [0.15, 0.2) is 72.8 Å². The molecule has 10 heteroatoms. The van der Waals surface area contributed by atoms with Gasteiger partial charge in [0.05, 0.1) is 19.1 Å². The first-order chi connectivity index (χ1) is 18.6. The molecule has 3 aromatic rings. The summed E-state index contributed by atoms with van der Waals surface area (Å²) in [7, 11) is 1.09. The highest BCUT2D eigenvalue weighted by atomic mass is 32.2. The van der Waals surface area contributed by atoms with Crippen molar-refractivity contribution in [1.29, 1.82) is 0 Å². The maximum absolute atomic E-state index is 13.2. The maximum Gasteiger partial charge on any atom is 0.253 e. The van der Waals surface area contributed by atoms with Gasteiger partial charge in [0.1, 0.15) is 5.75 Å². The molecule has 2 amide bonds. The summed E-state index contributed by atoms with van der Waals surface area (Å²) in [4.78, 5) is 27.8. The van der Waals surface area contributed by atoms with Gasteiger partial charge in [0.2, 0.25) is 10.0 Å². The Kier molecular flexibility index (Phi) is 10.5. The molecule has 0 heterocycles. The molecule has 0 saturated carbocycles. The highest BCUT2D eigenvalue weighted by Gasteiger charge is 2.20. The zero-order chi connectivity index (χ0) is 28.4. The van der Waals surface area contributed by atoms with Crippen molar-refractivity contribution in [3.8, 4) is 5.75 Å². The molecular weight excluding hydrogens is 516 g/mol. The molecule has 3 rings (SSSR count). The molecule has 9 nitrogen and oxygen atoms in total. The van der Waals surface area contributed by atoms with E-state index < -0.39 is 10.0 Å². The van der Waals surface area contributed by atoms with E-state index in [0.717, 1.165) is 27.4 Å². The molecule has 0 saturated heterocycles. The molecule has 2 N–H and O–H groups in total. The van der Waals surface area contributed by atoms with Crippen LogP contribution in [0.5, 0.6) is 5.75 Å². The number of hydrogen-bond acceptors (Lipinski definition) is 6. The topological polar surface area (TPSA) is 108 Å². The van der Waals surface area contributed by atoms with Crippen molar-refractivity contribution < 1.29 is 22.7 Å². The number of methoxy groups -OCH3 is 1. The predicted molar refractivity (Wildman–Crippen MR) is 154 cm³/mol. The number of nitrogens with one attached hydrogen (secondary N) is 2. The normalized spacial score (nSPS) is 11.1. The summed E-state index contributed by atoms with van der Waals surface area (Å²) in [5, 5.41) is 6.20. The second-order valence-corrected chi connectivity index (χ2v) is 11.3. The Labute approximate surface area is 230 Å². The standard InChI is InChI=1S/C29H36N4O5S/c1-32(21-22-10-6-5-7-11-22)29(35)25-17-24(18-26(19-25)33(2)39(4,36)37)28(34)31-15-9-14-30-20-23-12-8-13-27(16-23)38-3/h5-8,10-13,16-19,30H,9,14-15,20-21H2,1-4H3,(H,31,34). The first-order valence-corrected chi connectivity index (χ1v) is 14.4. The zero-order valence-electron chi connectivity index (χ0n) is 22.8. The smallest absolute Gasteiger partial charge is 0.253 e. The van der Waals surface area contributed by atoms with Crippen LogP contribution in [0, 0.1) is 0 Å². The third kappa shape index (κ3) is 8.83. The van der Waals surface area contributed by atoms with Crippen LogP contribution in [0.25, 0.3) is 0 Å². The molecule has 0 radical (unpaired) electrons. The van der Waals surface area contributed by atoms with E-state index in [-0.39, 0.29) is 28.6 Å². The molecule has 3 aromatic carbocycles. The Morgan fingerprint density at radius 1 is 0.872 bits per heavy atom. The number of carbonyl (C=O) groups is 2. The Bertz CT molecular complexity index is 1380. The average molecular weight is 553 g/mol. The average Bonchev–Trinajstić information content (AvgIpc) is 2.93. The lowest BCUT2D eigenvalue weighted by Crippen LogP contribution is -2.30. The molecule has 0 spiro atoms. The van der Waals surface area contributed by atoms with Crippen molar-refractivity contribution in [2.24, 2.45) is 0 Å². The van der Waals surface area contributed by atoms with Gasteiger partial charge in [0, 0.05) is 44.9 Å². The molecular formula is C29H36N4O5S. The number of sulfonamides is 1. The Morgan fingerprint density at radius 2 is 1.56 bits per heavy atom. The van der Waals surface area contributed by atoms with Crippen molar-refractivity contribution in [3.05, 3.63) is 95.1 Å². The quantitative estimate of drug-likeness (QED) is 0.315. The molecule has 0 aliphatic heterocycles. The number of amides is 2. The Balaban J connectivity index is 1.65. The third-order valence-corrected chi connectivity index (χ3v) is 7.38. The van der Waals surface area contributed by atoms with Gasteiger partial charge in [-0.1, -0.05) is 42.5 Å². The largest absolute Gasteiger partial charge is 0.497 e. The highest BCUT2D eigenvalue weighted by molar-refractivity contribution is 7.92. The third-order valence-electron chi connectivity index (χ3n) is 6.18. The highest BCUT2D eigenvalue weighted by Crippen LogP contribution is 2.22. The zero-order valence-corrected chi connectivity index (χ0v) is 23.6. The molecule has 0 aliphatic rings. The fourth-order valence-corrected chi connectivity index (χ4v) is 4.41. The van der Waals surface area contributed by atoms with Crippen molar-refractivity contribution in [3.63, 3.8) is 0 Å². The van der Waals surface area contributed by atoms with Gasteiger partial charge in [-0.3, -0.25) is 13.9 Å². The number of benzene rings is 3. The van der Waals surface area contributed by atoms with E-state index in [0.29, 0.717) is 32.6 Å². The summed E-state index contributed by atoms with van der Waals surface area (Å²) in [5.41, 5.74) is 2.73. The van der Waals surface area contributed by atoms with E-state index in [4.69, 9.17) is 4.74 Å². The lowest BCUT2D eigenvalue weighted by Gasteiger charge is -2.21. The molecule has 0 bridgehead atoms. The molecule has 0 atom stereocenters. The molecule has 0 aliphatic carbocycles. The van der Waals surface area contributed by atoms with Gasteiger partial charge in [-0.25, -0.2) is 8.42 Å². The van der Waals surface area contributed by atoms with Crippen molar-refractivity contribution in [2.75, 3.05) is 44.9 Å². The summed E-state index contributed by atoms with van der Waals surface area (Å²) in [6.45, 7) is 2.14. The van der Waals surface area contributed by atoms with Crippen LogP contribution >= 0.6 is 0 Å². The fraction of sp³-hybridized carbons (Fsp3) is 0.310. The minimum atomic E-state index is -3.60. The van der Waals surface area contributed by atoms with Crippen LogP contribution in [0.1, 0.15) is 38.3 Å². The molecule has 0 unspecified atom stereocenters. The Morgan fingerprint density at radius 3 is 2.26 bits per heavy atom. The van der Waals surface area contributed by atoms with E-state index in [1.165, 1.54) is 30.1 Å². The minimum Gasteiger partial charge on any atom is -0.497 e. The van der Waals surface area contributed by atoms with Gasteiger partial charge in [0.15, 0.2) is 0 Å². The lowest BCUT2D eigenvalue weighted by atomic mass is 10.1. The van der Waals surface area contributed by atoms with E-state index in [1.54, 1.807) is 14.2 Å². The summed E-state index contributed by atoms with van der Waals surface area (Å²) in [6, 6.07) is 21.8. The SMILES string of the molecule is COc1cccc(CNCCCNC(=O)c2cc(C(=O)N(C)Cc3ccccc3)cc(N(C)S(C)(=O)=O)c2)c1. The molecule has 208 valence electrons. The number of carbonyl (C=O) groups excluding carboxylic acids is 2. The molecule has 0 fully saturated rings. The van der Waals surface area contributed by atoms with Gasteiger partial charge >= 0.3 is 0 Å². The first kappa shape index (κ1) is 29.7. The second kappa shape index (κ2) is 13.8. The van der Waals surface area contributed by atoms with Crippen LogP contribution in [0.4, 0.5) is 5.69 Å². The van der Waals surface area contributed by atoms with Crippen molar-refractivity contribution in [2.45, 2.75) is 19.5 Å². The van der Waals surface area contributed by atoms with E-state index >= 15 is 0 Å². The number of rotatable bonds is 13. The van der Waals surface area contributed by atoms with Crippen LogP contribution in [0.3, 0.4) is 0 Å². The maximum atomic E-state index is 13.2. The second-order valence-electron chi connectivity index (χ2n) is 9.28. The number of anilines is 1. The first-order valence-electron chi connectivity index (χ1n) is 12.6. The monoisotopic (exact) mass is 552 g/mol. The number of nitrogens with zero attached hydrogens (tertiary/aromatic N) is 2. The van der Waals surface area contributed by atoms with Gasteiger partial charge in [-0.15, -0.1) is 0 Å². The van der Waals surface area contributed by atoms with Crippen LogP contribution < -0.4 is 19.7 Å². The fourth-order valence-electron chi connectivity index (χ4n) is 3.92. The lowest BCUT2D eigenvalue weighted by molar-refractivity contribution is 0.0785. The van der Waals surface area contributed by atoms with Crippen LogP contribution in [0.2, 0.25) is 0 Å². The Hall–Kier alpha value is -3.89. The van der Waals surface area contributed by atoms with Gasteiger partial charge < -0.3 is 20.3 Å². The summed E-state index contributed by atoms with van der Waals surface area (Å²) in [5.74, 6) is 0.0964. The summed E-state index contributed by atoms with van der Waals surface area (Å²) in [6.07, 6.45) is 1.76. The predicted octanol–water partition coefficient (Wildman–Crippen LogP) is 3.27. The number of ether oxygens (including phenoxy) is 1. The van der Waals surface area contributed by atoms with E-state index in [9.17, 15) is 18.0 Å². The van der Waals surface area contributed by atoms with Gasteiger partial charge in [-0.2, -0.15) is 0 Å². The van der Waals surface area contributed by atoms with Crippen molar-refractivity contribution >= 4 is 27.5 Å². The minimum absolute atomic E-state index is 0.212. The van der Waals surface area contributed by atoms with E-state index in [2.05, 4.69) is 10.6 Å². The van der Waals surface area contributed by atoms with Crippen LogP contribution in [-0.2, 0) is 23.1 Å². The molecule has 0 aromatic heterocycles. The van der Waals surface area contributed by atoms with Gasteiger partial charge in [0.25, 0.3) is 11.8 Å². The molecule has 39 heavy (non-hydrogen) atoms. The number of hydrogen-bond donors (Lipinski definition) is 2. The van der Waals surface area contributed by atoms with E-state index in [1.807, 2.05) is 54.6 Å².